The maximum absolute atomic E-state index is 6.22. The van der Waals surface area contributed by atoms with Crippen LogP contribution in [0.2, 0.25) is 0 Å². The molecule has 0 unspecified atom stereocenters. The number of nitrogens with two attached hydrogens (primary N) is 1. The Morgan fingerprint density at radius 1 is 0.943 bits per heavy atom. The molecule has 0 amide bonds. The van der Waals surface area contributed by atoms with E-state index in [1.165, 1.54) is 0 Å². The van der Waals surface area contributed by atoms with Crippen LogP contribution in [0.25, 0.3) is 16.9 Å². The van der Waals surface area contributed by atoms with Crippen molar-refractivity contribution in [2.75, 3.05) is 42.3 Å². The minimum atomic E-state index is -0.0958. The fourth-order valence-corrected chi connectivity index (χ4v) is 3.92. The van der Waals surface area contributed by atoms with E-state index in [-0.39, 0.29) is 5.41 Å². The lowest BCUT2D eigenvalue weighted by molar-refractivity contribution is 0.122. The van der Waals surface area contributed by atoms with Crippen molar-refractivity contribution in [1.29, 1.82) is 0 Å². The van der Waals surface area contributed by atoms with Gasteiger partial charge >= 0.3 is 0 Å². The second kappa shape index (κ2) is 9.34. The van der Waals surface area contributed by atoms with Crippen LogP contribution in [0.3, 0.4) is 0 Å². The minimum absolute atomic E-state index is 0.0958. The molecule has 0 radical (unpaired) electrons. The number of anilines is 4. The lowest BCUT2D eigenvalue weighted by atomic mass is 9.96. The number of rotatable bonds is 5. The SMILES string of the molecule is CC(C)(C)c1ncn(-c2ccc(Nc3nccc(-c4cc(N)cc(N5CCOCC5)c4)n3)cc2)n1. The van der Waals surface area contributed by atoms with Crippen LogP contribution < -0.4 is 16.0 Å². The smallest absolute Gasteiger partial charge is 0.227 e. The molecule has 3 N–H and O–H groups in total. The molecule has 180 valence electrons. The van der Waals surface area contributed by atoms with Gasteiger partial charge in [-0.2, -0.15) is 5.10 Å². The van der Waals surface area contributed by atoms with Crippen molar-refractivity contribution in [3.63, 3.8) is 0 Å². The standard InChI is InChI=1S/C26H30N8O/c1-26(2,3)24-29-17-34(32-24)21-6-4-20(5-7-21)30-25-28-9-8-23(31-25)18-14-19(27)16-22(15-18)33-10-12-35-13-11-33/h4-9,14-17H,10-13,27H2,1-3H3,(H,28,30,31). The Kier molecular flexibility index (Phi) is 6.08. The normalized spacial score (nSPS) is 14.2. The second-order valence-electron chi connectivity index (χ2n) is 9.61. The van der Waals surface area contributed by atoms with Crippen molar-refractivity contribution in [2.45, 2.75) is 26.2 Å². The van der Waals surface area contributed by atoms with Crippen LogP contribution in [0, 0.1) is 0 Å². The van der Waals surface area contributed by atoms with E-state index in [4.69, 9.17) is 15.5 Å². The highest BCUT2D eigenvalue weighted by Gasteiger charge is 2.19. The number of nitrogen functional groups attached to an aromatic ring is 1. The van der Waals surface area contributed by atoms with Gasteiger partial charge in [-0.05, 0) is 48.5 Å². The summed E-state index contributed by atoms with van der Waals surface area (Å²) in [7, 11) is 0. The number of nitrogens with one attached hydrogen (secondary N) is 1. The van der Waals surface area contributed by atoms with Gasteiger partial charge in [-0.1, -0.05) is 20.8 Å². The molecule has 2 aromatic heterocycles. The zero-order valence-electron chi connectivity index (χ0n) is 20.3. The van der Waals surface area contributed by atoms with Crippen LogP contribution in [0.4, 0.5) is 23.0 Å². The molecule has 5 rings (SSSR count). The van der Waals surface area contributed by atoms with Crippen molar-refractivity contribution in [3.05, 3.63) is 66.9 Å². The van der Waals surface area contributed by atoms with Gasteiger partial charge in [-0.3, -0.25) is 0 Å². The van der Waals surface area contributed by atoms with Crippen LogP contribution in [-0.2, 0) is 10.2 Å². The predicted octanol–water partition coefficient (Wildman–Crippen LogP) is 4.18. The van der Waals surface area contributed by atoms with Crippen LogP contribution in [0.15, 0.2) is 61.1 Å². The molecule has 1 aliphatic heterocycles. The predicted molar refractivity (Wildman–Crippen MR) is 138 cm³/mol. The van der Waals surface area contributed by atoms with Gasteiger partial charge in [0.2, 0.25) is 5.95 Å². The van der Waals surface area contributed by atoms with Crippen LogP contribution in [-0.4, -0.2) is 51.0 Å². The maximum Gasteiger partial charge on any atom is 0.227 e. The van der Waals surface area contributed by atoms with Crippen molar-refractivity contribution in [2.24, 2.45) is 0 Å². The molecule has 0 aliphatic carbocycles. The molecule has 1 fully saturated rings. The Labute approximate surface area is 205 Å². The summed E-state index contributed by atoms with van der Waals surface area (Å²) >= 11 is 0. The number of ether oxygens (including phenoxy) is 1. The summed E-state index contributed by atoms with van der Waals surface area (Å²) in [6.07, 6.45) is 3.49. The van der Waals surface area contributed by atoms with E-state index in [0.29, 0.717) is 11.6 Å². The van der Waals surface area contributed by atoms with Gasteiger partial charge in [-0.25, -0.2) is 19.6 Å². The first-order chi connectivity index (χ1) is 16.8. The van der Waals surface area contributed by atoms with E-state index in [0.717, 1.165) is 60.4 Å². The van der Waals surface area contributed by atoms with E-state index in [1.807, 2.05) is 42.5 Å². The fraction of sp³-hybridized carbons (Fsp3) is 0.308. The highest BCUT2D eigenvalue weighted by molar-refractivity contribution is 5.72. The molecular weight excluding hydrogens is 440 g/mol. The fourth-order valence-electron chi connectivity index (χ4n) is 3.92. The third-order valence-corrected chi connectivity index (χ3v) is 5.82. The second-order valence-corrected chi connectivity index (χ2v) is 9.61. The molecule has 0 bridgehead atoms. The van der Waals surface area contributed by atoms with E-state index in [9.17, 15) is 0 Å². The van der Waals surface area contributed by atoms with Gasteiger partial charge in [0.15, 0.2) is 5.82 Å². The highest BCUT2D eigenvalue weighted by atomic mass is 16.5. The average Bonchev–Trinajstić information content (AvgIpc) is 3.36. The lowest BCUT2D eigenvalue weighted by Crippen LogP contribution is -2.36. The summed E-state index contributed by atoms with van der Waals surface area (Å²) in [4.78, 5) is 15.8. The summed E-state index contributed by atoms with van der Waals surface area (Å²) in [6, 6.07) is 15.9. The Balaban J connectivity index is 1.33. The maximum atomic E-state index is 6.22. The van der Waals surface area contributed by atoms with Crippen LogP contribution in [0.1, 0.15) is 26.6 Å². The molecule has 9 heteroatoms. The van der Waals surface area contributed by atoms with Crippen LogP contribution >= 0.6 is 0 Å². The number of hydrogen-bond acceptors (Lipinski definition) is 8. The molecular formula is C26H30N8O. The Morgan fingerprint density at radius 3 is 2.43 bits per heavy atom. The summed E-state index contributed by atoms with van der Waals surface area (Å²) in [6.45, 7) is 9.44. The van der Waals surface area contributed by atoms with E-state index >= 15 is 0 Å². The minimum Gasteiger partial charge on any atom is -0.399 e. The monoisotopic (exact) mass is 470 g/mol. The zero-order chi connectivity index (χ0) is 24.4. The number of nitrogens with zero attached hydrogens (tertiary/aromatic N) is 6. The summed E-state index contributed by atoms with van der Waals surface area (Å²) in [5.41, 5.74) is 11.5. The van der Waals surface area contributed by atoms with Crippen molar-refractivity contribution >= 4 is 23.0 Å². The van der Waals surface area contributed by atoms with E-state index in [1.54, 1.807) is 17.2 Å². The molecule has 1 aliphatic rings. The lowest BCUT2D eigenvalue weighted by Gasteiger charge is -2.29. The largest absolute Gasteiger partial charge is 0.399 e. The topological polar surface area (TPSA) is 107 Å². The molecule has 1 saturated heterocycles. The molecule has 9 nitrogen and oxygen atoms in total. The van der Waals surface area contributed by atoms with Gasteiger partial charge in [-0.15, -0.1) is 0 Å². The first-order valence-corrected chi connectivity index (χ1v) is 11.7. The molecule has 35 heavy (non-hydrogen) atoms. The quantitative estimate of drug-likeness (QED) is 0.418. The molecule has 4 aromatic rings. The molecule has 3 heterocycles. The first kappa shape index (κ1) is 22.8. The van der Waals surface area contributed by atoms with Crippen molar-refractivity contribution in [1.82, 2.24) is 24.7 Å². The summed E-state index contributed by atoms with van der Waals surface area (Å²) in [5.74, 6) is 1.32. The highest BCUT2D eigenvalue weighted by Crippen LogP contribution is 2.28. The van der Waals surface area contributed by atoms with Crippen molar-refractivity contribution < 1.29 is 4.74 Å². The number of morpholine rings is 1. The van der Waals surface area contributed by atoms with Crippen molar-refractivity contribution in [3.8, 4) is 16.9 Å². The van der Waals surface area contributed by atoms with E-state index < -0.39 is 0 Å². The Hall–Kier alpha value is -3.98. The van der Waals surface area contributed by atoms with Crippen LogP contribution in [0.5, 0.6) is 0 Å². The number of aromatic nitrogens is 5. The number of hydrogen-bond donors (Lipinski definition) is 2. The van der Waals surface area contributed by atoms with Gasteiger partial charge in [0.05, 0.1) is 24.6 Å². The van der Waals surface area contributed by atoms with Gasteiger partial charge in [0.1, 0.15) is 6.33 Å². The summed E-state index contributed by atoms with van der Waals surface area (Å²) in [5, 5.41) is 7.89. The molecule has 2 aromatic carbocycles. The molecule has 0 atom stereocenters. The van der Waals surface area contributed by atoms with Gasteiger partial charge < -0.3 is 20.7 Å². The Bertz CT molecular complexity index is 1300. The third-order valence-electron chi connectivity index (χ3n) is 5.82. The molecule has 0 saturated carbocycles. The zero-order valence-corrected chi connectivity index (χ0v) is 20.3. The summed E-state index contributed by atoms with van der Waals surface area (Å²) < 4.78 is 7.26. The van der Waals surface area contributed by atoms with Gasteiger partial charge in [0.25, 0.3) is 0 Å². The average molecular weight is 471 g/mol. The third kappa shape index (κ3) is 5.25. The first-order valence-electron chi connectivity index (χ1n) is 11.7. The van der Waals surface area contributed by atoms with E-state index in [2.05, 4.69) is 52.1 Å². The van der Waals surface area contributed by atoms with Gasteiger partial charge in [0, 0.05) is 47.3 Å². The molecule has 0 spiro atoms. The number of benzene rings is 2. The Morgan fingerprint density at radius 2 is 1.71 bits per heavy atom.